The number of ether oxygens (including phenoxy) is 2. The van der Waals surface area contributed by atoms with Crippen LogP contribution in [0.15, 0.2) is 30.5 Å². The number of aryl methyl sites for hydroxylation is 2. The summed E-state index contributed by atoms with van der Waals surface area (Å²) in [7, 11) is 1.37. The number of aromatic hydroxyl groups is 1. The van der Waals surface area contributed by atoms with E-state index in [2.05, 4.69) is 16.4 Å². The van der Waals surface area contributed by atoms with Crippen LogP contribution in [-0.2, 0) is 9.53 Å². The highest BCUT2D eigenvalue weighted by Crippen LogP contribution is 2.28. The van der Waals surface area contributed by atoms with Gasteiger partial charge in [0.05, 0.1) is 7.11 Å². The number of rotatable bonds is 7. The van der Waals surface area contributed by atoms with E-state index in [0.717, 1.165) is 11.1 Å². The summed E-state index contributed by atoms with van der Waals surface area (Å²) in [6, 6.07) is 6.69. The van der Waals surface area contributed by atoms with Crippen molar-refractivity contribution in [3.8, 4) is 11.5 Å². The summed E-state index contributed by atoms with van der Waals surface area (Å²) in [5.41, 5.74) is 3.20. The molecule has 0 unspecified atom stereocenters. The van der Waals surface area contributed by atoms with Gasteiger partial charge in [0.25, 0.3) is 5.91 Å². The van der Waals surface area contributed by atoms with Gasteiger partial charge in [-0.3, -0.25) is 4.79 Å². The predicted octanol–water partition coefficient (Wildman–Crippen LogP) is 3.27. The Labute approximate surface area is 171 Å². The molecule has 1 heterocycles. The molecule has 0 aliphatic carbocycles. The number of amides is 1. The number of benzene rings is 1. The van der Waals surface area contributed by atoms with Gasteiger partial charge in [0, 0.05) is 18.2 Å². The highest BCUT2D eigenvalue weighted by atomic mass is 16.5. The second kappa shape index (κ2) is 9.41. The maximum absolute atomic E-state index is 12.5. The molecule has 0 saturated carbocycles. The zero-order valence-corrected chi connectivity index (χ0v) is 17.6. The summed E-state index contributed by atoms with van der Waals surface area (Å²) in [4.78, 5) is 28.7. The Balaban J connectivity index is 2.02. The van der Waals surface area contributed by atoms with Gasteiger partial charge in [-0.25, -0.2) is 9.78 Å². The predicted molar refractivity (Wildman–Crippen MR) is 109 cm³/mol. The normalized spacial score (nSPS) is 13.9. The fourth-order valence-corrected chi connectivity index (χ4v) is 3.07. The number of methoxy groups -OCH3 is 1. The van der Waals surface area contributed by atoms with Crippen molar-refractivity contribution in [2.45, 2.75) is 52.7 Å². The average molecular weight is 400 g/mol. The van der Waals surface area contributed by atoms with Crippen molar-refractivity contribution in [3.05, 3.63) is 52.8 Å². The number of pyridine rings is 1. The van der Waals surface area contributed by atoms with Crippen molar-refractivity contribution in [2.24, 2.45) is 0 Å². The van der Waals surface area contributed by atoms with Crippen molar-refractivity contribution >= 4 is 11.9 Å². The molecule has 29 heavy (non-hydrogen) atoms. The van der Waals surface area contributed by atoms with Gasteiger partial charge in [-0.1, -0.05) is 30.7 Å². The van der Waals surface area contributed by atoms with Crippen molar-refractivity contribution in [3.63, 3.8) is 0 Å². The lowest BCUT2D eigenvalue weighted by molar-refractivity contribution is -0.151. The largest absolute Gasteiger partial charge is 0.503 e. The molecule has 7 heteroatoms. The third kappa shape index (κ3) is 5.25. The molecule has 0 aliphatic rings. The molecule has 156 valence electrons. The lowest BCUT2D eigenvalue weighted by atomic mass is 9.91. The summed E-state index contributed by atoms with van der Waals surface area (Å²) in [5, 5.41) is 12.5. The van der Waals surface area contributed by atoms with Gasteiger partial charge in [0.15, 0.2) is 17.2 Å². The van der Waals surface area contributed by atoms with E-state index in [-0.39, 0.29) is 29.2 Å². The van der Waals surface area contributed by atoms with Crippen molar-refractivity contribution < 1.29 is 24.2 Å². The van der Waals surface area contributed by atoms with Crippen LogP contribution in [0.1, 0.15) is 53.9 Å². The van der Waals surface area contributed by atoms with Crippen LogP contribution in [0.5, 0.6) is 11.5 Å². The Morgan fingerprint density at radius 3 is 2.45 bits per heavy atom. The molecule has 2 aromatic rings. The van der Waals surface area contributed by atoms with Crippen LogP contribution >= 0.6 is 0 Å². The van der Waals surface area contributed by atoms with E-state index in [1.807, 2.05) is 39.8 Å². The van der Waals surface area contributed by atoms with Gasteiger partial charge in [-0.2, -0.15) is 0 Å². The van der Waals surface area contributed by atoms with E-state index >= 15 is 0 Å². The minimum absolute atomic E-state index is 0.00783. The first kappa shape index (κ1) is 22.2. The first-order valence-electron chi connectivity index (χ1n) is 9.46. The molecule has 0 spiro atoms. The van der Waals surface area contributed by atoms with E-state index in [1.165, 1.54) is 31.9 Å². The van der Waals surface area contributed by atoms with Gasteiger partial charge >= 0.3 is 5.97 Å². The van der Waals surface area contributed by atoms with Crippen LogP contribution in [0, 0.1) is 13.8 Å². The van der Waals surface area contributed by atoms with Crippen LogP contribution in [0.4, 0.5) is 0 Å². The van der Waals surface area contributed by atoms with E-state index in [4.69, 9.17) is 9.47 Å². The second-order valence-electron chi connectivity index (χ2n) is 7.20. The number of hydrogen-bond donors (Lipinski definition) is 2. The topological polar surface area (TPSA) is 97.8 Å². The van der Waals surface area contributed by atoms with E-state index < -0.39 is 17.9 Å². The monoisotopic (exact) mass is 400 g/mol. The van der Waals surface area contributed by atoms with Crippen LogP contribution in [0.3, 0.4) is 0 Å². The summed E-state index contributed by atoms with van der Waals surface area (Å²) in [6.07, 6.45) is 0.955. The molecule has 0 saturated heterocycles. The quantitative estimate of drug-likeness (QED) is 0.693. The van der Waals surface area contributed by atoms with Crippen LogP contribution in [-0.4, -0.2) is 41.2 Å². The Kier molecular flexibility index (Phi) is 7.20. The Bertz CT molecular complexity index is 897. The Morgan fingerprint density at radius 2 is 1.83 bits per heavy atom. The molecule has 1 amide bonds. The molecule has 3 atom stereocenters. The fourth-order valence-electron chi connectivity index (χ4n) is 3.07. The number of nitrogens with one attached hydrogen (secondary N) is 1. The summed E-state index contributed by atoms with van der Waals surface area (Å²) >= 11 is 0. The fraction of sp³-hybridized carbons (Fsp3) is 0.409. The maximum Gasteiger partial charge on any atom is 0.328 e. The standard InChI is InChI=1S/C22H28N2O5/c1-12-7-8-17(13(2)11-12)14(3)16(5)29-22(27)15(4)24-21(26)19-20(25)18(28-6)9-10-23-19/h7-11,14-16,25H,1-6H3,(H,24,26)/t14-,15+,16+/m1/s1. The average Bonchev–Trinajstić information content (AvgIpc) is 2.67. The highest BCUT2D eigenvalue weighted by Gasteiger charge is 2.26. The van der Waals surface area contributed by atoms with Gasteiger partial charge in [0.1, 0.15) is 12.1 Å². The van der Waals surface area contributed by atoms with Crippen LogP contribution < -0.4 is 10.1 Å². The molecule has 2 rings (SSSR count). The first-order valence-corrected chi connectivity index (χ1v) is 9.46. The molecular weight excluding hydrogens is 372 g/mol. The maximum atomic E-state index is 12.5. The molecule has 1 aromatic heterocycles. The van der Waals surface area contributed by atoms with Gasteiger partial charge in [-0.05, 0) is 38.8 Å². The van der Waals surface area contributed by atoms with E-state index in [9.17, 15) is 14.7 Å². The number of esters is 1. The van der Waals surface area contributed by atoms with E-state index in [1.54, 1.807) is 0 Å². The zero-order chi connectivity index (χ0) is 21.7. The van der Waals surface area contributed by atoms with Crippen molar-refractivity contribution in [2.75, 3.05) is 7.11 Å². The molecule has 0 radical (unpaired) electrons. The molecular formula is C22H28N2O5. The summed E-state index contributed by atoms with van der Waals surface area (Å²) < 4.78 is 10.5. The summed E-state index contributed by atoms with van der Waals surface area (Å²) in [5.74, 6) is -1.53. The molecule has 0 bridgehead atoms. The lowest BCUT2D eigenvalue weighted by Crippen LogP contribution is -2.41. The highest BCUT2D eigenvalue weighted by molar-refractivity contribution is 5.97. The van der Waals surface area contributed by atoms with Crippen molar-refractivity contribution in [1.82, 2.24) is 10.3 Å². The molecule has 7 nitrogen and oxygen atoms in total. The summed E-state index contributed by atoms with van der Waals surface area (Å²) in [6.45, 7) is 9.41. The number of hydrogen-bond acceptors (Lipinski definition) is 6. The number of aromatic nitrogens is 1. The number of carbonyl (C=O) groups excluding carboxylic acids is 2. The minimum Gasteiger partial charge on any atom is -0.503 e. The first-order chi connectivity index (χ1) is 13.6. The smallest absolute Gasteiger partial charge is 0.328 e. The van der Waals surface area contributed by atoms with Gasteiger partial charge in [0.2, 0.25) is 0 Å². The third-order valence-electron chi connectivity index (χ3n) is 4.95. The molecule has 0 aliphatic heterocycles. The van der Waals surface area contributed by atoms with E-state index in [0.29, 0.717) is 0 Å². The van der Waals surface area contributed by atoms with Gasteiger partial charge < -0.3 is 19.9 Å². The number of nitrogens with zero attached hydrogens (tertiary/aromatic N) is 1. The Hall–Kier alpha value is -3.09. The van der Waals surface area contributed by atoms with Crippen LogP contribution in [0.2, 0.25) is 0 Å². The number of carbonyl (C=O) groups is 2. The zero-order valence-electron chi connectivity index (χ0n) is 17.6. The molecule has 2 N–H and O–H groups in total. The third-order valence-corrected chi connectivity index (χ3v) is 4.95. The second-order valence-corrected chi connectivity index (χ2v) is 7.20. The molecule has 0 fully saturated rings. The minimum atomic E-state index is -0.913. The van der Waals surface area contributed by atoms with Crippen molar-refractivity contribution in [1.29, 1.82) is 0 Å². The van der Waals surface area contributed by atoms with Gasteiger partial charge in [-0.15, -0.1) is 0 Å². The lowest BCUT2D eigenvalue weighted by Gasteiger charge is -2.24. The SMILES string of the molecule is COc1ccnc(C(=O)N[C@@H](C)C(=O)O[C@@H](C)[C@@H](C)c2ccc(C)cc2C)c1O. The molecule has 1 aromatic carbocycles. The van der Waals surface area contributed by atoms with Crippen LogP contribution in [0.25, 0.3) is 0 Å². The Morgan fingerprint density at radius 1 is 1.14 bits per heavy atom.